The van der Waals surface area contributed by atoms with Crippen LogP contribution in [0, 0.1) is 13.6 Å². The van der Waals surface area contributed by atoms with Crippen LogP contribution in [0.1, 0.15) is 18.5 Å². The molecule has 0 spiro atoms. The van der Waals surface area contributed by atoms with Crippen LogP contribution in [0.2, 0.25) is 0 Å². The maximum absolute atomic E-state index is 11.9. The molecule has 0 saturated heterocycles. The number of anilines is 1. The van der Waals surface area contributed by atoms with E-state index in [1.54, 1.807) is 13.1 Å². The van der Waals surface area contributed by atoms with Crippen molar-refractivity contribution in [3.05, 3.63) is 80.0 Å². The molecule has 1 aromatic heterocycles. The van der Waals surface area contributed by atoms with Crippen LogP contribution in [-0.4, -0.2) is 10.8 Å². The average Bonchev–Trinajstić information content (AvgIpc) is 2.53. The molecule has 0 saturated carbocycles. The quantitative estimate of drug-likeness (QED) is 0.690. The van der Waals surface area contributed by atoms with E-state index in [0.717, 1.165) is 22.0 Å². The number of fused-ring (bicyclic) bond motifs is 1. The molecular formula is C19H18N2OY-2. The molecule has 3 rings (SSSR count). The first-order valence-corrected chi connectivity index (χ1v) is 6.82. The number of nitrogens with zero attached hydrogens (tertiary/aromatic N) is 1. The fourth-order valence-electron chi connectivity index (χ4n) is 2.35. The molecule has 0 aliphatic rings. The topological polar surface area (TPSA) is 42.0 Å². The molecule has 3 nitrogen and oxygen atoms in total. The van der Waals surface area contributed by atoms with Crippen LogP contribution in [0.5, 0.6) is 0 Å². The van der Waals surface area contributed by atoms with Gasteiger partial charge < -0.3 is 17.7 Å². The Morgan fingerprint density at radius 2 is 1.87 bits per heavy atom. The van der Waals surface area contributed by atoms with E-state index in [9.17, 15) is 4.79 Å². The molecule has 0 aliphatic heterocycles. The van der Waals surface area contributed by atoms with Crippen LogP contribution >= 0.6 is 0 Å². The van der Waals surface area contributed by atoms with Gasteiger partial charge in [-0.15, -0.1) is 22.9 Å². The molecule has 0 aliphatic carbocycles. The van der Waals surface area contributed by atoms with Gasteiger partial charge in [-0.2, -0.15) is 0 Å². The second kappa shape index (κ2) is 8.90. The second-order valence-corrected chi connectivity index (χ2v) is 4.96. The van der Waals surface area contributed by atoms with Gasteiger partial charge in [-0.25, -0.2) is 0 Å². The Morgan fingerprint density at radius 1 is 1.13 bits per heavy atom. The molecule has 1 atom stereocenters. The largest absolute Gasteiger partial charge is 0.373 e. The zero-order valence-electron chi connectivity index (χ0n) is 13.3. The SMILES string of the molecule is CC(=O)C(Nc1ccc2[c-]nccc2c1)c1ccccc1.[CH3-].[Y]. The Balaban J connectivity index is 0.00000132. The van der Waals surface area contributed by atoms with Crippen molar-refractivity contribution in [2.24, 2.45) is 0 Å². The van der Waals surface area contributed by atoms with Crippen molar-refractivity contribution >= 4 is 22.2 Å². The van der Waals surface area contributed by atoms with Crippen molar-refractivity contribution in [2.75, 3.05) is 5.32 Å². The van der Waals surface area contributed by atoms with Gasteiger partial charge in [0.15, 0.2) is 5.78 Å². The van der Waals surface area contributed by atoms with Crippen LogP contribution in [-0.2, 0) is 37.5 Å². The maximum Gasteiger partial charge on any atom is 0.156 e. The number of hydrogen-bond acceptors (Lipinski definition) is 3. The van der Waals surface area contributed by atoms with Gasteiger partial charge in [0.25, 0.3) is 0 Å². The Bertz CT molecular complexity index is 774. The molecule has 0 fully saturated rings. The molecule has 0 bridgehead atoms. The summed E-state index contributed by atoms with van der Waals surface area (Å²) in [7, 11) is 0. The molecule has 3 aromatic rings. The summed E-state index contributed by atoms with van der Waals surface area (Å²) in [4.78, 5) is 15.9. The van der Waals surface area contributed by atoms with Gasteiger partial charge in [-0.3, -0.25) is 4.79 Å². The van der Waals surface area contributed by atoms with Gasteiger partial charge in [0.1, 0.15) is 6.04 Å². The molecule has 115 valence electrons. The Hall–Kier alpha value is -1.58. The Morgan fingerprint density at radius 3 is 2.57 bits per heavy atom. The average molecular weight is 379 g/mol. The van der Waals surface area contributed by atoms with E-state index < -0.39 is 0 Å². The van der Waals surface area contributed by atoms with Crippen molar-refractivity contribution in [1.82, 2.24) is 4.98 Å². The first-order valence-electron chi connectivity index (χ1n) is 6.82. The van der Waals surface area contributed by atoms with E-state index in [1.165, 1.54) is 0 Å². The van der Waals surface area contributed by atoms with Gasteiger partial charge in [-0.05, 0) is 18.7 Å². The van der Waals surface area contributed by atoms with Crippen molar-refractivity contribution in [1.29, 1.82) is 0 Å². The third-order valence-electron chi connectivity index (χ3n) is 3.42. The number of pyridine rings is 1. The van der Waals surface area contributed by atoms with Gasteiger partial charge in [0, 0.05) is 38.4 Å². The van der Waals surface area contributed by atoms with Gasteiger partial charge in [0.05, 0.1) is 0 Å². The molecule has 2 aromatic carbocycles. The zero-order chi connectivity index (χ0) is 14.7. The standard InChI is InChI=1S/C18H15N2O.CH3.Y/c1-13(21)18(14-5-3-2-4-6-14)20-17-8-7-16-12-19-10-9-15(16)11-17;;/h2-11,18,20H,1H3;1H3;/q2*-1;. The Labute approximate surface area is 162 Å². The fourth-order valence-corrected chi connectivity index (χ4v) is 2.35. The van der Waals surface area contributed by atoms with Crippen molar-refractivity contribution in [3.63, 3.8) is 0 Å². The van der Waals surface area contributed by atoms with Crippen LogP contribution < -0.4 is 5.32 Å². The monoisotopic (exact) mass is 379 g/mol. The van der Waals surface area contributed by atoms with Crippen molar-refractivity contribution < 1.29 is 37.5 Å². The van der Waals surface area contributed by atoms with Crippen LogP contribution in [0.3, 0.4) is 0 Å². The summed E-state index contributed by atoms with van der Waals surface area (Å²) < 4.78 is 0. The van der Waals surface area contributed by atoms with Crippen molar-refractivity contribution in [3.8, 4) is 0 Å². The van der Waals surface area contributed by atoms with Gasteiger partial charge >= 0.3 is 0 Å². The van der Waals surface area contributed by atoms with Crippen molar-refractivity contribution in [2.45, 2.75) is 13.0 Å². The molecule has 1 heterocycles. The van der Waals surface area contributed by atoms with E-state index >= 15 is 0 Å². The summed E-state index contributed by atoms with van der Waals surface area (Å²) in [6.45, 7) is 1.60. The van der Waals surface area contributed by atoms with Crippen LogP contribution in [0.15, 0.2) is 60.8 Å². The number of nitrogens with one attached hydrogen (secondary N) is 1. The summed E-state index contributed by atoms with van der Waals surface area (Å²) in [6, 6.07) is 17.2. The molecule has 0 amide bonds. The second-order valence-electron chi connectivity index (χ2n) is 4.96. The smallest absolute Gasteiger partial charge is 0.156 e. The minimum absolute atomic E-state index is 0. The first kappa shape index (κ1) is 19.5. The third kappa shape index (κ3) is 4.70. The minimum Gasteiger partial charge on any atom is -0.373 e. The molecule has 1 unspecified atom stereocenters. The molecular weight excluding hydrogens is 361 g/mol. The molecule has 1 radical (unpaired) electrons. The third-order valence-corrected chi connectivity index (χ3v) is 3.42. The number of benzene rings is 2. The van der Waals surface area contributed by atoms with E-state index in [4.69, 9.17) is 0 Å². The van der Waals surface area contributed by atoms with E-state index in [2.05, 4.69) is 16.5 Å². The predicted molar refractivity (Wildman–Crippen MR) is 90.5 cm³/mol. The number of ketones is 1. The molecule has 1 N–H and O–H groups in total. The number of carbonyl (C=O) groups excluding carboxylic acids is 1. The Kier molecular flexibility index (Phi) is 7.53. The minimum atomic E-state index is -0.338. The number of Topliss-reactive ketones (excluding diaryl/α,β-unsaturated/α-hetero) is 1. The van der Waals surface area contributed by atoms with Gasteiger partial charge in [0.2, 0.25) is 0 Å². The zero-order valence-corrected chi connectivity index (χ0v) is 16.1. The van der Waals surface area contributed by atoms with E-state index in [-0.39, 0.29) is 52.0 Å². The summed E-state index contributed by atoms with van der Waals surface area (Å²) in [5.41, 5.74) is 1.87. The summed E-state index contributed by atoms with van der Waals surface area (Å²) in [6.07, 6.45) is 4.66. The normalized spacial score (nSPS) is 11.0. The molecule has 4 heteroatoms. The maximum atomic E-state index is 11.9. The molecule has 23 heavy (non-hydrogen) atoms. The van der Waals surface area contributed by atoms with Crippen LogP contribution in [0.25, 0.3) is 10.8 Å². The summed E-state index contributed by atoms with van der Waals surface area (Å²) in [5.74, 6) is 0.0857. The number of hydrogen-bond donors (Lipinski definition) is 1. The number of aromatic nitrogens is 1. The van der Waals surface area contributed by atoms with E-state index in [0.29, 0.717) is 0 Å². The fraction of sp³-hybridized carbons (Fsp3) is 0.105. The summed E-state index contributed by atoms with van der Waals surface area (Å²) >= 11 is 0. The number of rotatable bonds is 4. The first-order chi connectivity index (χ1) is 10.2. The van der Waals surface area contributed by atoms with Crippen LogP contribution in [0.4, 0.5) is 5.69 Å². The van der Waals surface area contributed by atoms with E-state index in [1.807, 2.05) is 54.6 Å². The number of carbonyl (C=O) groups is 1. The summed E-state index contributed by atoms with van der Waals surface area (Å²) in [5, 5.41) is 5.31. The van der Waals surface area contributed by atoms with Gasteiger partial charge in [-0.1, -0.05) is 48.7 Å². The predicted octanol–water partition coefficient (Wildman–Crippen LogP) is 4.22.